The maximum atomic E-state index is 16.3. The van der Waals surface area contributed by atoms with Crippen molar-refractivity contribution in [2.24, 2.45) is 46.1 Å². The number of unbranched alkanes of at least 4 members (excludes halogenated alkanes) is 4. The molecule has 13 atom stereocenters. The van der Waals surface area contributed by atoms with Crippen LogP contribution in [-0.2, 0) is 101 Å². The second-order valence-electron chi connectivity index (χ2n) is 34.5. The van der Waals surface area contributed by atoms with Gasteiger partial charge in [-0.2, -0.15) is 0 Å². The Hall–Kier alpha value is -10.9. The molecule has 35 nitrogen and oxygen atoms in total. The summed E-state index contributed by atoms with van der Waals surface area (Å²) in [6, 6.07) is 3.97. The number of carbonyl (C=O) groups excluding carboxylic acids is 17. The van der Waals surface area contributed by atoms with E-state index in [1.165, 1.54) is 33.3 Å². The molecule has 6 rings (SSSR count). The zero-order valence-electron chi connectivity index (χ0n) is 73.5. The number of para-hydroxylation sites is 1. The van der Waals surface area contributed by atoms with Gasteiger partial charge in [-0.05, 0) is 146 Å². The number of nitrogens with one attached hydrogen (secondary N) is 12. The van der Waals surface area contributed by atoms with E-state index in [0.29, 0.717) is 53.4 Å². The second kappa shape index (κ2) is 48.5. The predicted molar refractivity (Wildman–Crippen MR) is 474 cm³/mol. The number of H-pyrrole nitrogens is 2. The minimum absolute atomic E-state index is 0.0137. The molecule has 13 amide bonds. The van der Waals surface area contributed by atoms with Gasteiger partial charge in [-0.25, -0.2) is 4.98 Å². The fraction of sp³-hybridized carbons (Fsp3) is 0.568. The SMILES string of the molecule is CC(=O)CCCCC[C@@H]1NC(=O)[C@H](Cc2c[nH]c3c(C)cccc23)NC(=O)[C@H]([C@@H](C)O)NC(=O)[C@H](CC(N)=O)NC(=O)[C@@H](NC(C)=O)C(C)(C)SSC(C)(C)[C@@H](C(=O)C[C@@H](Cc2cnc[nH]2)C(=O)N[C@@H](Cc2ccc3ccccc3c2)C(=O)C[C@@](C)(CCCCN)C(=O)N[C@@H](CCCCNC(C)=O)C(=O)C[C@@H](CC(N)=O)C(=O)N[C@H](CC(C)C)C(N)=O)NC1=O. The van der Waals surface area contributed by atoms with Crippen LogP contribution < -0.4 is 76.1 Å². The van der Waals surface area contributed by atoms with Gasteiger partial charge in [0.05, 0.1) is 48.2 Å². The van der Waals surface area contributed by atoms with Crippen LogP contribution >= 0.6 is 21.6 Å². The van der Waals surface area contributed by atoms with Crippen molar-refractivity contribution in [2.75, 3.05) is 13.1 Å². The first-order chi connectivity index (χ1) is 58.8. The lowest BCUT2D eigenvalue weighted by molar-refractivity contribution is -0.140. The van der Waals surface area contributed by atoms with Gasteiger partial charge in [0.1, 0.15) is 48.1 Å². The topological polar surface area (TPSA) is 579 Å². The number of rotatable bonds is 45. The fourth-order valence-electron chi connectivity index (χ4n) is 15.1. The number of fused-ring (bicyclic) bond motifs is 2. The van der Waals surface area contributed by atoms with Crippen LogP contribution in [0, 0.1) is 30.1 Å². The fourth-order valence-corrected chi connectivity index (χ4v) is 17.9. The number of Topliss-reactive ketones (excluding diaryl/α,β-unsaturated/α-hetero) is 4. The lowest BCUT2D eigenvalue weighted by atomic mass is 9.77. The number of hydrogen-bond donors (Lipinski definition) is 17. The van der Waals surface area contributed by atoms with Crippen molar-refractivity contribution in [1.82, 2.24) is 68.1 Å². The third kappa shape index (κ3) is 32.5. The first-order valence-corrected chi connectivity index (χ1v) is 44.6. The number of nitrogens with two attached hydrogens (primary N) is 4. The molecule has 0 radical (unpaired) electrons. The molecule has 0 saturated carbocycles. The number of imidazole rings is 1. The highest BCUT2D eigenvalue weighted by Gasteiger charge is 2.47. The minimum Gasteiger partial charge on any atom is -0.391 e. The number of carbonyl (C=O) groups is 17. The standard InChI is InChI=1S/C88H127N17O18S2/c1-48(2)35-65(77(92)115)100-79(117)58(42-71(90)113)40-68(110)62(28-18-21-34-94-52(6)108)103-85(123)88(12,32-19-20-33-89)44-70(112)64(37-54-30-31-55-25-16-17-26-56(55)36-54)99-78(116)57(38-60-46-93-47-96-60)41-69(111)75-86(8,9)124-125-87(10,11)76(97-53(7)109)84(122)102-67(43-72(91)114)82(120)104-74(51(5)107)83(121)101-66(39-59-45-95-73-49(3)23-22-27-61(59)73)81(119)98-63(80(118)105-75)29-15-13-14-24-50(4)106/h16-17,22-23,25-27,30-31,36,45-48,51,57-58,62-67,74-76,95,107H,13-15,18-21,24,28-29,32-35,37-44,89H2,1-12H3,(H2,90,113)(H2,91,114)(H2,92,115)(H,93,96)(H,94,108)(H,97,109)(H,98,119)(H,99,116)(H,100,117)(H,101,121)(H,102,122)(H,103,123)(H,104,120)(H,105,118)/t51-,57-,58+,62+,63+,64+,65-,66+,67+,74+,75-,76-,88-/m1/s1. The third-order valence-electron chi connectivity index (χ3n) is 22.1. The van der Waals surface area contributed by atoms with Gasteiger partial charge in [0.2, 0.25) is 76.8 Å². The Balaban J connectivity index is 1.50. The first kappa shape index (κ1) is 103. The molecule has 37 heteroatoms. The van der Waals surface area contributed by atoms with Gasteiger partial charge in [0.25, 0.3) is 0 Å². The van der Waals surface area contributed by atoms with Gasteiger partial charge in [-0.1, -0.05) is 122 Å². The van der Waals surface area contributed by atoms with Crippen LogP contribution in [0.3, 0.4) is 0 Å². The van der Waals surface area contributed by atoms with Crippen molar-refractivity contribution in [3.05, 3.63) is 102 Å². The molecule has 0 bridgehead atoms. The number of hydrogen-bond acceptors (Lipinski definition) is 22. The number of aromatic amines is 2. The second-order valence-corrected chi connectivity index (χ2v) is 38.0. The lowest BCUT2D eigenvalue weighted by Crippen LogP contribution is -2.63. The summed E-state index contributed by atoms with van der Waals surface area (Å²) in [7, 11) is 1.92. The van der Waals surface area contributed by atoms with E-state index in [1.54, 1.807) is 65.9 Å². The Morgan fingerprint density at radius 3 is 1.91 bits per heavy atom. The highest BCUT2D eigenvalue weighted by molar-refractivity contribution is 8.77. The Kier molecular flexibility index (Phi) is 39.9. The summed E-state index contributed by atoms with van der Waals surface area (Å²) in [4.78, 5) is 253. The molecule has 684 valence electrons. The van der Waals surface area contributed by atoms with Crippen LogP contribution in [0.15, 0.2) is 79.4 Å². The number of aromatic nitrogens is 3. The summed E-state index contributed by atoms with van der Waals surface area (Å²) in [6.07, 6.45) is 0.704. The van der Waals surface area contributed by atoms with Gasteiger partial charge in [0, 0.05) is 104 Å². The Labute approximate surface area is 736 Å². The number of amides is 13. The smallest absolute Gasteiger partial charge is 0.245 e. The normalized spacial score (nSPS) is 19.8. The molecular formula is C88H127N17O18S2. The summed E-state index contributed by atoms with van der Waals surface area (Å²) in [5.74, 6) is -17.0. The maximum absolute atomic E-state index is 16.3. The number of aliphatic hydroxyl groups excluding tert-OH is 1. The Morgan fingerprint density at radius 2 is 1.28 bits per heavy atom. The first-order valence-electron chi connectivity index (χ1n) is 42.5. The largest absolute Gasteiger partial charge is 0.391 e. The molecule has 0 spiro atoms. The van der Waals surface area contributed by atoms with E-state index < -0.39 is 208 Å². The van der Waals surface area contributed by atoms with Crippen molar-refractivity contribution in [3.63, 3.8) is 0 Å². The third-order valence-corrected chi connectivity index (χ3v) is 26.4. The average Bonchev–Trinajstić information content (AvgIpc) is 1.74. The number of aryl methyl sites for hydroxylation is 1. The Bertz CT molecular complexity index is 4670. The molecule has 125 heavy (non-hydrogen) atoms. The van der Waals surface area contributed by atoms with E-state index in [2.05, 4.69) is 68.1 Å². The quantitative estimate of drug-likeness (QED) is 0.0196. The van der Waals surface area contributed by atoms with Gasteiger partial charge < -0.3 is 96.0 Å². The summed E-state index contributed by atoms with van der Waals surface area (Å²) in [5.41, 5.74) is 24.2. The summed E-state index contributed by atoms with van der Waals surface area (Å²) < 4.78 is -3.07. The zero-order valence-corrected chi connectivity index (χ0v) is 75.2. The number of nitrogens with zero attached hydrogens (tertiary/aromatic N) is 1. The van der Waals surface area contributed by atoms with Crippen LogP contribution in [-0.4, -0.2) is 203 Å². The lowest BCUT2D eigenvalue weighted by Gasteiger charge is -2.39. The minimum atomic E-state index is -1.90. The molecule has 3 aromatic carbocycles. The van der Waals surface area contributed by atoms with E-state index in [-0.39, 0.29) is 101 Å². The average molecular weight is 1780 g/mol. The van der Waals surface area contributed by atoms with Gasteiger partial charge >= 0.3 is 0 Å². The van der Waals surface area contributed by atoms with E-state index in [4.69, 9.17) is 22.9 Å². The van der Waals surface area contributed by atoms with Crippen LogP contribution in [0.25, 0.3) is 21.7 Å². The van der Waals surface area contributed by atoms with E-state index in [1.807, 2.05) is 49.4 Å². The number of benzene rings is 3. The molecule has 5 aromatic rings. The maximum Gasteiger partial charge on any atom is 0.245 e. The van der Waals surface area contributed by atoms with Crippen LogP contribution in [0.5, 0.6) is 0 Å². The van der Waals surface area contributed by atoms with Crippen LogP contribution in [0.4, 0.5) is 0 Å². The highest BCUT2D eigenvalue weighted by Crippen LogP contribution is 2.47. The number of primary amides is 3. The van der Waals surface area contributed by atoms with Gasteiger partial charge in [0.15, 0.2) is 17.3 Å². The molecule has 1 saturated heterocycles. The summed E-state index contributed by atoms with van der Waals surface area (Å²) in [6.45, 7) is 18.7. The highest BCUT2D eigenvalue weighted by atomic mass is 33.1. The predicted octanol–water partition coefficient (Wildman–Crippen LogP) is 3.47. The van der Waals surface area contributed by atoms with Crippen molar-refractivity contribution in [2.45, 2.75) is 281 Å². The molecule has 2 aromatic heterocycles. The van der Waals surface area contributed by atoms with Gasteiger partial charge in [-0.15, -0.1) is 0 Å². The molecular weight excluding hydrogens is 1650 g/mol. The van der Waals surface area contributed by atoms with Crippen molar-refractivity contribution in [1.29, 1.82) is 0 Å². The molecule has 21 N–H and O–H groups in total. The van der Waals surface area contributed by atoms with Gasteiger partial charge in [-0.3, -0.25) is 76.7 Å². The molecule has 0 unspecified atom stereocenters. The Morgan fingerprint density at radius 1 is 0.624 bits per heavy atom. The van der Waals surface area contributed by atoms with Crippen LogP contribution in [0.1, 0.15) is 208 Å². The van der Waals surface area contributed by atoms with Crippen molar-refractivity contribution in [3.8, 4) is 0 Å². The molecule has 0 aliphatic carbocycles. The van der Waals surface area contributed by atoms with Crippen LogP contribution in [0.2, 0.25) is 0 Å². The van der Waals surface area contributed by atoms with E-state index in [9.17, 15) is 57.8 Å². The summed E-state index contributed by atoms with van der Waals surface area (Å²) in [5, 5.41) is 40.6. The zero-order chi connectivity index (χ0) is 92.8. The molecule has 1 fully saturated rings. The molecule has 3 heterocycles. The van der Waals surface area contributed by atoms with Crippen molar-refractivity contribution < 1.29 is 86.6 Å². The van der Waals surface area contributed by atoms with Crippen molar-refractivity contribution >= 4 is 143 Å². The molecule has 1 aliphatic heterocycles. The van der Waals surface area contributed by atoms with E-state index in [0.717, 1.165) is 51.8 Å². The number of aliphatic hydroxyl groups is 1. The molecule has 1 aliphatic rings. The number of ketones is 4. The summed E-state index contributed by atoms with van der Waals surface area (Å²) >= 11 is 0. The monoisotopic (exact) mass is 1770 g/mol. The van der Waals surface area contributed by atoms with E-state index >= 15 is 28.8 Å².